The molecule has 0 aromatic heterocycles. The fourth-order valence-electron chi connectivity index (χ4n) is 3.07. The van der Waals surface area contributed by atoms with Crippen molar-refractivity contribution >= 4 is 23.5 Å². The highest BCUT2D eigenvalue weighted by atomic mass is 35.5. The molecular weight excluding hydrogens is 398 g/mol. The SMILES string of the molecule is CC(C(=O)NC(Cc1ccccc1)C(=O)OCc1ccccc1)c1ccc(Cl)cc1. The van der Waals surface area contributed by atoms with E-state index in [4.69, 9.17) is 16.3 Å². The Kier molecular flexibility index (Phi) is 7.63. The number of rotatable bonds is 8. The van der Waals surface area contributed by atoms with Gasteiger partial charge in [-0.15, -0.1) is 0 Å². The Morgan fingerprint density at radius 2 is 1.43 bits per heavy atom. The van der Waals surface area contributed by atoms with Crippen molar-refractivity contribution in [3.05, 3.63) is 107 Å². The van der Waals surface area contributed by atoms with E-state index in [9.17, 15) is 9.59 Å². The van der Waals surface area contributed by atoms with Gasteiger partial charge in [-0.3, -0.25) is 4.79 Å². The molecule has 30 heavy (non-hydrogen) atoms. The predicted molar refractivity (Wildman–Crippen MR) is 118 cm³/mol. The minimum absolute atomic E-state index is 0.160. The number of amides is 1. The number of esters is 1. The van der Waals surface area contributed by atoms with Gasteiger partial charge in [0.05, 0.1) is 5.92 Å². The Morgan fingerprint density at radius 1 is 0.867 bits per heavy atom. The molecule has 0 bridgehead atoms. The number of ether oxygens (including phenoxy) is 1. The third-order valence-corrected chi connectivity index (χ3v) is 5.12. The maximum atomic E-state index is 12.9. The number of benzene rings is 3. The largest absolute Gasteiger partial charge is 0.459 e. The van der Waals surface area contributed by atoms with Gasteiger partial charge in [0, 0.05) is 11.4 Å². The molecule has 1 amide bonds. The summed E-state index contributed by atoms with van der Waals surface area (Å²) in [5.41, 5.74) is 2.66. The van der Waals surface area contributed by atoms with Crippen LogP contribution in [0.25, 0.3) is 0 Å². The van der Waals surface area contributed by atoms with Gasteiger partial charge >= 0.3 is 5.97 Å². The van der Waals surface area contributed by atoms with Gasteiger partial charge in [0.25, 0.3) is 0 Å². The maximum absolute atomic E-state index is 12.9. The lowest BCUT2D eigenvalue weighted by Crippen LogP contribution is -2.44. The van der Waals surface area contributed by atoms with Gasteiger partial charge in [-0.2, -0.15) is 0 Å². The Balaban J connectivity index is 1.70. The summed E-state index contributed by atoms with van der Waals surface area (Å²) < 4.78 is 5.49. The number of nitrogens with one attached hydrogen (secondary N) is 1. The molecule has 3 aromatic rings. The number of carbonyl (C=O) groups excluding carboxylic acids is 2. The van der Waals surface area contributed by atoms with Crippen LogP contribution >= 0.6 is 11.6 Å². The van der Waals surface area contributed by atoms with Gasteiger partial charge in [-0.1, -0.05) is 84.4 Å². The highest BCUT2D eigenvalue weighted by Gasteiger charge is 2.26. The predicted octanol–water partition coefficient (Wildman–Crippen LogP) is 4.91. The fourth-order valence-corrected chi connectivity index (χ4v) is 3.20. The summed E-state index contributed by atoms with van der Waals surface area (Å²) in [6.07, 6.45) is 0.355. The maximum Gasteiger partial charge on any atom is 0.329 e. The van der Waals surface area contributed by atoms with Crippen LogP contribution in [-0.2, 0) is 27.4 Å². The molecule has 2 unspecified atom stereocenters. The van der Waals surface area contributed by atoms with E-state index in [1.807, 2.05) is 72.8 Å². The molecule has 3 rings (SSSR count). The van der Waals surface area contributed by atoms with Crippen LogP contribution in [-0.4, -0.2) is 17.9 Å². The topological polar surface area (TPSA) is 55.4 Å². The van der Waals surface area contributed by atoms with Crippen molar-refractivity contribution in [2.75, 3.05) is 0 Å². The summed E-state index contributed by atoms with van der Waals surface area (Å²) >= 11 is 5.94. The quantitative estimate of drug-likeness (QED) is 0.525. The number of hydrogen-bond donors (Lipinski definition) is 1. The molecule has 0 radical (unpaired) electrons. The van der Waals surface area contributed by atoms with Gasteiger partial charge in [-0.25, -0.2) is 4.79 Å². The second-order valence-corrected chi connectivity index (χ2v) is 7.55. The average Bonchev–Trinajstić information content (AvgIpc) is 2.78. The van der Waals surface area contributed by atoms with E-state index in [2.05, 4.69) is 5.32 Å². The van der Waals surface area contributed by atoms with E-state index in [0.717, 1.165) is 16.7 Å². The van der Waals surface area contributed by atoms with Crippen LogP contribution in [0, 0.1) is 0 Å². The first-order valence-electron chi connectivity index (χ1n) is 9.83. The molecule has 4 nitrogen and oxygen atoms in total. The van der Waals surface area contributed by atoms with Crippen LogP contribution in [0.2, 0.25) is 5.02 Å². The first-order valence-corrected chi connectivity index (χ1v) is 10.2. The van der Waals surface area contributed by atoms with Crippen LogP contribution in [0.3, 0.4) is 0 Å². The van der Waals surface area contributed by atoms with E-state index in [-0.39, 0.29) is 12.5 Å². The van der Waals surface area contributed by atoms with Crippen molar-refractivity contribution in [2.45, 2.75) is 31.9 Å². The monoisotopic (exact) mass is 421 g/mol. The second kappa shape index (κ2) is 10.6. The first-order chi connectivity index (χ1) is 14.5. The summed E-state index contributed by atoms with van der Waals surface area (Å²) in [5.74, 6) is -1.13. The van der Waals surface area contributed by atoms with Crippen LogP contribution in [0.5, 0.6) is 0 Å². The first kappa shape index (κ1) is 21.6. The van der Waals surface area contributed by atoms with E-state index >= 15 is 0 Å². The van der Waals surface area contributed by atoms with Gasteiger partial charge in [0.1, 0.15) is 12.6 Å². The molecule has 0 spiro atoms. The zero-order valence-corrected chi connectivity index (χ0v) is 17.5. The van der Waals surface area contributed by atoms with Crippen molar-refractivity contribution in [3.8, 4) is 0 Å². The van der Waals surface area contributed by atoms with E-state index in [1.54, 1.807) is 19.1 Å². The average molecular weight is 422 g/mol. The molecule has 0 saturated heterocycles. The van der Waals surface area contributed by atoms with Crippen LogP contribution in [0.15, 0.2) is 84.9 Å². The minimum Gasteiger partial charge on any atom is -0.459 e. The molecule has 1 N–H and O–H groups in total. The third kappa shape index (κ3) is 6.19. The third-order valence-electron chi connectivity index (χ3n) is 4.87. The Bertz CT molecular complexity index is 959. The summed E-state index contributed by atoms with van der Waals surface area (Å²) in [4.78, 5) is 25.7. The smallest absolute Gasteiger partial charge is 0.329 e. The number of hydrogen-bond acceptors (Lipinski definition) is 3. The molecule has 0 heterocycles. The van der Waals surface area contributed by atoms with Crippen molar-refractivity contribution in [2.24, 2.45) is 0 Å². The molecule has 0 aliphatic heterocycles. The van der Waals surface area contributed by atoms with Crippen molar-refractivity contribution < 1.29 is 14.3 Å². The van der Waals surface area contributed by atoms with Crippen LogP contribution in [0.4, 0.5) is 0 Å². The molecule has 2 atom stereocenters. The lowest BCUT2D eigenvalue weighted by molar-refractivity contribution is -0.149. The van der Waals surface area contributed by atoms with Gasteiger partial charge in [0.2, 0.25) is 5.91 Å². The Morgan fingerprint density at radius 3 is 2.03 bits per heavy atom. The van der Waals surface area contributed by atoms with Gasteiger partial charge < -0.3 is 10.1 Å². The summed E-state index contributed by atoms with van der Waals surface area (Å²) in [7, 11) is 0. The van der Waals surface area contributed by atoms with E-state index in [1.165, 1.54) is 0 Å². The van der Waals surface area contributed by atoms with Gasteiger partial charge in [-0.05, 0) is 35.7 Å². The van der Waals surface area contributed by atoms with Crippen molar-refractivity contribution in [1.82, 2.24) is 5.32 Å². The zero-order chi connectivity index (χ0) is 21.3. The van der Waals surface area contributed by atoms with E-state index in [0.29, 0.717) is 11.4 Å². The standard InChI is InChI=1S/C25H24ClNO3/c1-18(21-12-14-22(26)15-13-21)24(28)27-23(16-19-8-4-2-5-9-19)25(29)30-17-20-10-6-3-7-11-20/h2-15,18,23H,16-17H2,1H3,(H,27,28). The summed E-state index contributed by atoms with van der Waals surface area (Å²) in [5, 5.41) is 3.48. The van der Waals surface area contributed by atoms with Gasteiger partial charge in [0.15, 0.2) is 0 Å². The Hall–Kier alpha value is -3.11. The lowest BCUT2D eigenvalue weighted by Gasteiger charge is -2.20. The second-order valence-electron chi connectivity index (χ2n) is 7.12. The van der Waals surface area contributed by atoms with E-state index < -0.39 is 17.9 Å². The molecule has 154 valence electrons. The highest BCUT2D eigenvalue weighted by Crippen LogP contribution is 2.19. The van der Waals surface area contributed by atoms with Crippen molar-refractivity contribution in [1.29, 1.82) is 0 Å². The zero-order valence-electron chi connectivity index (χ0n) is 16.8. The molecule has 0 aliphatic rings. The normalized spacial score (nSPS) is 12.6. The molecule has 5 heteroatoms. The summed E-state index contributed by atoms with van der Waals surface area (Å²) in [6, 6.07) is 25.4. The Labute approximate surface area is 181 Å². The number of carbonyl (C=O) groups is 2. The molecule has 0 fully saturated rings. The lowest BCUT2D eigenvalue weighted by atomic mass is 9.99. The van der Waals surface area contributed by atoms with Crippen LogP contribution in [0.1, 0.15) is 29.5 Å². The molecule has 0 saturated carbocycles. The molecular formula is C25H24ClNO3. The fraction of sp³-hybridized carbons (Fsp3) is 0.200. The molecule has 3 aromatic carbocycles. The highest BCUT2D eigenvalue weighted by molar-refractivity contribution is 6.30. The minimum atomic E-state index is -0.779. The number of halogens is 1. The van der Waals surface area contributed by atoms with Crippen molar-refractivity contribution in [3.63, 3.8) is 0 Å². The molecule has 0 aliphatic carbocycles. The summed E-state index contributed by atoms with van der Waals surface area (Å²) in [6.45, 7) is 1.96. The van der Waals surface area contributed by atoms with Crippen LogP contribution < -0.4 is 5.32 Å².